The van der Waals surface area contributed by atoms with E-state index in [1.807, 2.05) is 0 Å². The van der Waals surface area contributed by atoms with E-state index in [0.717, 1.165) is 19.8 Å². The van der Waals surface area contributed by atoms with Crippen LogP contribution >= 0.6 is 0 Å². The number of hydrogen-bond donors (Lipinski definition) is 1. The summed E-state index contributed by atoms with van der Waals surface area (Å²) in [5.74, 6) is -2.98. The van der Waals surface area contributed by atoms with E-state index in [4.69, 9.17) is 4.74 Å². The Kier molecular flexibility index (Phi) is 4.28. The van der Waals surface area contributed by atoms with Gasteiger partial charge >= 0.3 is 0 Å². The van der Waals surface area contributed by atoms with Crippen molar-refractivity contribution in [1.29, 1.82) is 0 Å². The summed E-state index contributed by atoms with van der Waals surface area (Å²) in [6, 6.07) is 6.22. The number of carbonyl (C=O) groups excluding carboxylic acids is 1. The maximum absolute atomic E-state index is 13.2. The number of rotatable bonds is 6. The van der Waals surface area contributed by atoms with Crippen LogP contribution in [0.4, 0.5) is 8.78 Å². The third-order valence-corrected chi connectivity index (χ3v) is 4.73. The fourth-order valence-electron chi connectivity index (χ4n) is 3.19. The lowest BCUT2D eigenvalue weighted by molar-refractivity contribution is -0.0225. The summed E-state index contributed by atoms with van der Waals surface area (Å²) in [6.07, 6.45) is 3.33. The Hall–Kier alpha value is -3.03. The summed E-state index contributed by atoms with van der Waals surface area (Å²) in [5.41, 5.74) is 1.21. The molecule has 6 nitrogen and oxygen atoms in total. The minimum atomic E-state index is -2.99. The van der Waals surface area contributed by atoms with Crippen LogP contribution in [0.15, 0.2) is 35.3 Å². The van der Waals surface area contributed by atoms with E-state index in [2.05, 4.69) is 10.1 Å². The first-order chi connectivity index (χ1) is 13.2. The summed E-state index contributed by atoms with van der Waals surface area (Å²) < 4.78 is 32.9. The normalized spacial score (nSPS) is 14.4. The van der Waals surface area contributed by atoms with Crippen LogP contribution in [0.5, 0.6) is 5.75 Å². The topological polar surface area (TPSA) is 77.0 Å². The number of nitrogens with zero attached hydrogens (tertiary/aromatic N) is 2. The van der Waals surface area contributed by atoms with Gasteiger partial charge in [-0.1, -0.05) is 0 Å². The molecular weight excluding hydrogens is 368 g/mol. The monoisotopic (exact) mass is 387 g/mol. The number of aromatic nitrogens is 3. The molecule has 1 N–H and O–H groups in total. The average Bonchev–Trinajstić information content (AvgIpc) is 3.45. The molecular formula is C20H19F2N3O3. The van der Waals surface area contributed by atoms with Gasteiger partial charge in [0.2, 0.25) is 5.78 Å². The van der Waals surface area contributed by atoms with Crippen LogP contribution < -0.4 is 10.3 Å². The molecule has 4 rings (SSSR count). The van der Waals surface area contributed by atoms with Crippen LogP contribution in [0.2, 0.25) is 0 Å². The number of H-pyrrole nitrogens is 1. The second-order valence-corrected chi connectivity index (χ2v) is 7.27. The Morgan fingerprint density at radius 3 is 2.79 bits per heavy atom. The minimum Gasteiger partial charge on any atom is -0.487 e. The van der Waals surface area contributed by atoms with E-state index >= 15 is 0 Å². The number of aryl methyl sites for hydroxylation is 1. The maximum Gasteiger partial charge on any atom is 0.278 e. The number of halogens is 2. The summed E-state index contributed by atoms with van der Waals surface area (Å²) in [4.78, 5) is 29.7. The highest BCUT2D eigenvalue weighted by Crippen LogP contribution is 2.40. The average molecular weight is 387 g/mol. The van der Waals surface area contributed by atoms with Gasteiger partial charge in [-0.2, -0.15) is 0 Å². The Morgan fingerprint density at radius 2 is 2.11 bits per heavy atom. The van der Waals surface area contributed by atoms with Gasteiger partial charge in [-0.15, -0.1) is 0 Å². The molecule has 1 aliphatic rings. The number of benzene rings is 1. The van der Waals surface area contributed by atoms with Crippen molar-refractivity contribution in [3.8, 4) is 5.75 Å². The molecule has 1 fully saturated rings. The fourth-order valence-corrected chi connectivity index (χ4v) is 3.19. The number of nitrogens with one attached hydrogen (secondary N) is 1. The first-order valence-corrected chi connectivity index (χ1v) is 8.97. The number of ketones is 1. The highest BCUT2D eigenvalue weighted by Gasteiger charge is 2.33. The number of pyridine rings is 1. The largest absolute Gasteiger partial charge is 0.487 e. The van der Waals surface area contributed by atoms with Crippen molar-refractivity contribution < 1.29 is 18.3 Å². The summed E-state index contributed by atoms with van der Waals surface area (Å²) in [6.45, 7) is -0.0130. The predicted molar refractivity (Wildman–Crippen MR) is 99.3 cm³/mol. The molecule has 0 bridgehead atoms. The Bertz CT molecular complexity index is 1120. The molecule has 28 heavy (non-hydrogen) atoms. The van der Waals surface area contributed by atoms with Gasteiger partial charge in [-0.3, -0.25) is 24.4 Å². The molecule has 0 saturated heterocycles. The van der Waals surface area contributed by atoms with Crippen LogP contribution in [-0.2, 0) is 7.05 Å². The van der Waals surface area contributed by atoms with Crippen molar-refractivity contribution >= 4 is 16.7 Å². The van der Waals surface area contributed by atoms with Gasteiger partial charge in [-0.25, -0.2) is 8.78 Å². The van der Waals surface area contributed by atoms with Gasteiger partial charge in [0, 0.05) is 37.0 Å². The molecule has 0 spiro atoms. The molecule has 8 heteroatoms. The van der Waals surface area contributed by atoms with E-state index in [1.165, 1.54) is 23.0 Å². The number of aromatic amines is 1. The molecule has 0 atom stereocenters. The maximum atomic E-state index is 13.2. The van der Waals surface area contributed by atoms with Crippen LogP contribution in [0.1, 0.15) is 47.3 Å². The van der Waals surface area contributed by atoms with Gasteiger partial charge in [0.25, 0.3) is 11.5 Å². The van der Waals surface area contributed by atoms with E-state index < -0.39 is 18.3 Å². The third kappa shape index (κ3) is 3.42. The molecule has 0 amide bonds. The number of alkyl halides is 2. The SMILES string of the molecule is Cn1[nH]c(C2CC2)c(C(=O)c2ccc3nccc(OCC(C)(F)F)c3c2)c1=O. The second kappa shape index (κ2) is 6.54. The number of hydrogen-bond acceptors (Lipinski definition) is 4. The van der Waals surface area contributed by atoms with E-state index in [9.17, 15) is 18.4 Å². The van der Waals surface area contributed by atoms with Crippen LogP contribution in [0.3, 0.4) is 0 Å². The summed E-state index contributed by atoms with van der Waals surface area (Å²) in [7, 11) is 1.58. The molecule has 3 aromatic rings. The van der Waals surface area contributed by atoms with E-state index in [0.29, 0.717) is 16.6 Å². The first-order valence-electron chi connectivity index (χ1n) is 8.97. The van der Waals surface area contributed by atoms with Crippen molar-refractivity contribution in [3.05, 3.63) is 57.6 Å². The molecule has 1 aromatic carbocycles. The lowest BCUT2D eigenvalue weighted by atomic mass is 10.00. The van der Waals surface area contributed by atoms with Crippen molar-refractivity contribution in [2.75, 3.05) is 6.61 Å². The molecule has 146 valence electrons. The lowest BCUT2D eigenvalue weighted by Crippen LogP contribution is -2.21. The smallest absolute Gasteiger partial charge is 0.278 e. The highest BCUT2D eigenvalue weighted by molar-refractivity contribution is 6.11. The van der Waals surface area contributed by atoms with Crippen molar-refractivity contribution in [3.63, 3.8) is 0 Å². The predicted octanol–water partition coefficient (Wildman–Crippen LogP) is 3.40. The van der Waals surface area contributed by atoms with E-state index in [-0.39, 0.29) is 28.4 Å². The summed E-state index contributed by atoms with van der Waals surface area (Å²) >= 11 is 0. The highest BCUT2D eigenvalue weighted by atomic mass is 19.3. The van der Waals surface area contributed by atoms with Gasteiger partial charge in [-0.05, 0) is 37.1 Å². The zero-order valence-corrected chi connectivity index (χ0v) is 15.5. The lowest BCUT2D eigenvalue weighted by Gasteiger charge is -2.13. The van der Waals surface area contributed by atoms with Crippen LogP contribution in [0, 0.1) is 0 Å². The van der Waals surface area contributed by atoms with Gasteiger partial charge in [0.15, 0.2) is 6.61 Å². The molecule has 2 aromatic heterocycles. The Labute approximate surface area is 159 Å². The minimum absolute atomic E-state index is 0.135. The second-order valence-electron chi connectivity index (χ2n) is 7.27. The molecule has 0 radical (unpaired) electrons. The molecule has 0 aliphatic heterocycles. The number of fused-ring (bicyclic) bond motifs is 1. The molecule has 0 unspecified atom stereocenters. The van der Waals surface area contributed by atoms with E-state index in [1.54, 1.807) is 19.2 Å². The molecule has 1 aliphatic carbocycles. The van der Waals surface area contributed by atoms with Crippen LogP contribution in [0.25, 0.3) is 10.9 Å². The Balaban J connectivity index is 1.76. The first kappa shape index (κ1) is 18.3. The van der Waals surface area contributed by atoms with Crippen molar-refractivity contribution in [2.24, 2.45) is 7.05 Å². The Morgan fingerprint density at radius 1 is 1.36 bits per heavy atom. The zero-order valence-electron chi connectivity index (χ0n) is 15.5. The molecule has 1 saturated carbocycles. The number of ether oxygens (including phenoxy) is 1. The molecule has 2 heterocycles. The quantitative estimate of drug-likeness (QED) is 0.658. The zero-order chi connectivity index (χ0) is 20.1. The van der Waals surface area contributed by atoms with Gasteiger partial charge in [0.05, 0.1) is 11.2 Å². The fraction of sp³-hybridized carbons (Fsp3) is 0.350. The standard InChI is InChI=1S/C20H19F2N3O3/c1-20(21,22)10-28-15-7-8-23-14-6-5-12(9-13(14)15)18(26)16-17(11-3-4-11)24-25(2)19(16)27/h5-9,11,24H,3-4,10H2,1-2H3. The number of carbonyl (C=O) groups is 1. The van der Waals surface area contributed by atoms with Crippen molar-refractivity contribution in [1.82, 2.24) is 14.8 Å². The van der Waals surface area contributed by atoms with Crippen molar-refractivity contribution in [2.45, 2.75) is 31.6 Å². The van der Waals surface area contributed by atoms with Gasteiger partial charge < -0.3 is 4.74 Å². The third-order valence-electron chi connectivity index (χ3n) is 4.73. The van der Waals surface area contributed by atoms with Gasteiger partial charge in [0.1, 0.15) is 11.3 Å². The summed E-state index contributed by atoms with van der Waals surface area (Å²) in [5, 5.41) is 3.42. The van der Waals surface area contributed by atoms with Crippen LogP contribution in [-0.4, -0.2) is 33.1 Å².